The van der Waals surface area contributed by atoms with E-state index in [9.17, 15) is 9.59 Å². The van der Waals surface area contributed by atoms with E-state index in [2.05, 4.69) is 5.32 Å². The molecule has 0 saturated carbocycles. The quantitative estimate of drug-likeness (QED) is 0.853. The third-order valence-corrected chi connectivity index (χ3v) is 3.32. The molecule has 0 fully saturated rings. The number of hydrogen-bond acceptors (Lipinski definition) is 4. The van der Waals surface area contributed by atoms with E-state index >= 15 is 0 Å². The minimum atomic E-state index is -0.518. The van der Waals surface area contributed by atoms with Crippen LogP contribution in [0.1, 0.15) is 36.7 Å². The second kappa shape index (κ2) is 4.98. The van der Waals surface area contributed by atoms with Gasteiger partial charge in [0.05, 0.1) is 17.8 Å². The molecule has 0 saturated heterocycles. The summed E-state index contributed by atoms with van der Waals surface area (Å²) >= 11 is 6.17. The molecule has 108 valence electrons. The lowest BCUT2D eigenvalue weighted by Gasteiger charge is -2.17. The van der Waals surface area contributed by atoms with E-state index in [1.807, 2.05) is 13.8 Å². The number of halogens is 1. The number of carbonyl (C=O) groups excluding carboxylic acids is 2. The molecule has 1 aliphatic heterocycles. The summed E-state index contributed by atoms with van der Waals surface area (Å²) in [6.45, 7) is 5.21. The molecule has 0 aromatic heterocycles. The van der Waals surface area contributed by atoms with Crippen molar-refractivity contribution in [2.75, 3.05) is 12.4 Å². The van der Waals surface area contributed by atoms with Gasteiger partial charge in [0.15, 0.2) is 0 Å². The molecule has 1 N–H and O–H groups in total. The second-order valence-electron chi connectivity index (χ2n) is 5.30. The van der Waals surface area contributed by atoms with Gasteiger partial charge in [-0.3, -0.25) is 4.79 Å². The van der Waals surface area contributed by atoms with Gasteiger partial charge in [0.2, 0.25) is 5.91 Å². The third kappa shape index (κ3) is 2.58. The number of fused-ring (bicyclic) bond motifs is 1. The Hall–Kier alpha value is -1.75. The maximum atomic E-state index is 11.8. The van der Waals surface area contributed by atoms with E-state index in [1.54, 1.807) is 0 Å². The first-order valence-electron chi connectivity index (χ1n) is 6.15. The summed E-state index contributed by atoms with van der Waals surface area (Å²) in [6, 6.07) is 1.46. The van der Waals surface area contributed by atoms with Gasteiger partial charge in [0, 0.05) is 18.9 Å². The first-order chi connectivity index (χ1) is 9.25. The van der Waals surface area contributed by atoms with Gasteiger partial charge in [-0.25, -0.2) is 4.79 Å². The molecule has 2 rings (SSSR count). The predicted molar refractivity (Wildman–Crippen MR) is 75.5 cm³/mol. The Bertz CT molecular complexity index is 595. The van der Waals surface area contributed by atoms with Crippen molar-refractivity contribution in [1.82, 2.24) is 0 Å². The van der Waals surface area contributed by atoms with Crippen molar-refractivity contribution in [2.45, 2.75) is 32.8 Å². The first kappa shape index (κ1) is 14.7. The summed E-state index contributed by atoms with van der Waals surface area (Å²) in [5.41, 5.74) is 1.01. The van der Waals surface area contributed by atoms with Gasteiger partial charge in [0.25, 0.3) is 0 Å². The lowest BCUT2D eigenvalue weighted by molar-refractivity contribution is -0.114. The van der Waals surface area contributed by atoms with Crippen LogP contribution in [0.4, 0.5) is 5.69 Å². The molecule has 0 aliphatic carbocycles. The normalized spacial score (nSPS) is 15.2. The van der Waals surface area contributed by atoms with Crippen molar-refractivity contribution >= 4 is 29.2 Å². The Morgan fingerprint density at radius 2 is 2.10 bits per heavy atom. The maximum absolute atomic E-state index is 11.8. The van der Waals surface area contributed by atoms with Crippen LogP contribution in [0.5, 0.6) is 5.75 Å². The molecule has 0 bridgehead atoms. The Kier molecular flexibility index (Phi) is 3.65. The Morgan fingerprint density at radius 3 is 2.65 bits per heavy atom. The van der Waals surface area contributed by atoms with Crippen LogP contribution in [0.25, 0.3) is 0 Å². The smallest absolute Gasteiger partial charge is 0.341 e. The zero-order valence-corrected chi connectivity index (χ0v) is 12.6. The van der Waals surface area contributed by atoms with Crippen LogP contribution in [-0.2, 0) is 16.0 Å². The van der Waals surface area contributed by atoms with E-state index in [4.69, 9.17) is 21.1 Å². The number of esters is 1. The lowest BCUT2D eigenvalue weighted by atomic mass is 9.98. The number of ether oxygens (including phenoxy) is 2. The molecule has 5 nitrogen and oxygen atoms in total. The molecule has 1 aromatic rings. The fraction of sp³-hybridized carbons (Fsp3) is 0.429. The lowest BCUT2D eigenvalue weighted by Crippen LogP contribution is -2.25. The van der Waals surface area contributed by atoms with Crippen molar-refractivity contribution in [2.24, 2.45) is 0 Å². The Labute approximate surface area is 122 Å². The molecule has 6 heteroatoms. The molecule has 1 amide bonds. The molecular formula is C14H16ClNO4. The van der Waals surface area contributed by atoms with Gasteiger partial charge in [-0.05, 0) is 19.9 Å². The number of methoxy groups -OCH3 is 1. The molecule has 1 aliphatic rings. The molecule has 1 aromatic carbocycles. The SMILES string of the molecule is COC(=O)c1cc(Cl)c(NC(C)=O)c2c1OC(C)(C)C2. The number of anilines is 1. The Morgan fingerprint density at radius 1 is 1.45 bits per heavy atom. The standard InChI is InChI=1S/C14H16ClNO4/c1-7(17)16-11-9-6-14(2,3)20-12(9)8(5-10(11)15)13(18)19-4/h5H,6H2,1-4H3,(H,16,17). The molecule has 1 heterocycles. The number of amides is 1. The van der Waals surface area contributed by atoms with Crippen molar-refractivity contribution in [3.05, 3.63) is 22.2 Å². The third-order valence-electron chi connectivity index (χ3n) is 3.02. The highest BCUT2D eigenvalue weighted by Crippen LogP contribution is 2.45. The van der Waals surface area contributed by atoms with E-state index < -0.39 is 11.6 Å². The number of benzene rings is 1. The van der Waals surface area contributed by atoms with E-state index in [0.717, 1.165) is 5.56 Å². The Balaban J connectivity index is 2.63. The summed E-state index contributed by atoms with van der Waals surface area (Å²) in [5.74, 6) is -0.324. The largest absolute Gasteiger partial charge is 0.486 e. The molecule has 0 radical (unpaired) electrons. The van der Waals surface area contributed by atoms with Gasteiger partial charge in [-0.1, -0.05) is 11.6 Å². The zero-order valence-electron chi connectivity index (χ0n) is 11.8. The molecule has 0 atom stereocenters. The molecule has 0 unspecified atom stereocenters. The van der Waals surface area contributed by atoms with Crippen LogP contribution in [-0.4, -0.2) is 24.6 Å². The minimum Gasteiger partial charge on any atom is -0.486 e. The second-order valence-corrected chi connectivity index (χ2v) is 5.71. The molecular weight excluding hydrogens is 282 g/mol. The van der Waals surface area contributed by atoms with Gasteiger partial charge < -0.3 is 14.8 Å². The van der Waals surface area contributed by atoms with Crippen molar-refractivity contribution < 1.29 is 19.1 Å². The summed E-state index contributed by atoms with van der Waals surface area (Å²) in [5, 5.41) is 2.98. The first-order valence-corrected chi connectivity index (χ1v) is 6.53. The van der Waals surface area contributed by atoms with Gasteiger partial charge >= 0.3 is 5.97 Å². The average Bonchev–Trinajstić information content (AvgIpc) is 2.66. The van der Waals surface area contributed by atoms with Crippen molar-refractivity contribution in [3.63, 3.8) is 0 Å². The van der Waals surface area contributed by atoms with Gasteiger partial charge in [-0.15, -0.1) is 0 Å². The zero-order chi connectivity index (χ0) is 15.1. The molecule has 20 heavy (non-hydrogen) atoms. The summed E-state index contributed by atoms with van der Waals surface area (Å²) in [4.78, 5) is 23.1. The highest BCUT2D eigenvalue weighted by molar-refractivity contribution is 6.34. The summed E-state index contributed by atoms with van der Waals surface area (Å²) < 4.78 is 10.6. The summed E-state index contributed by atoms with van der Waals surface area (Å²) in [6.07, 6.45) is 0.544. The van der Waals surface area contributed by atoms with E-state index in [1.165, 1.54) is 20.1 Å². The van der Waals surface area contributed by atoms with Crippen LogP contribution in [0, 0.1) is 0 Å². The maximum Gasteiger partial charge on any atom is 0.341 e. The van der Waals surface area contributed by atoms with Gasteiger partial charge in [0.1, 0.15) is 16.9 Å². The number of hydrogen-bond donors (Lipinski definition) is 1. The monoisotopic (exact) mass is 297 g/mol. The number of rotatable bonds is 2. The minimum absolute atomic E-state index is 0.232. The van der Waals surface area contributed by atoms with Crippen LogP contribution in [0.2, 0.25) is 5.02 Å². The fourth-order valence-electron chi connectivity index (χ4n) is 2.28. The van der Waals surface area contributed by atoms with Crippen LogP contribution in [0.15, 0.2) is 6.07 Å². The van der Waals surface area contributed by atoms with Crippen molar-refractivity contribution in [3.8, 4) is 5.75 Å². The van der Waals surface area contributed by atoms with Gasteiger partial charge in [-0.2, -0.15) is 0 Å². The van der Waals surface area contributed by atoms with Crippen molar-refractivity contribution in [1.29, 1.82) is 0 Å². The highest BCUT2D eigenvalue weighted by Gasteiger charge is 2.37. The van der Waals surface area contributed by atoms with Crippen LogP contribution in [0.3, 0.4) is 0 Å². The number of carbonyl (C=O) groups is 2. The highest BCUT2D eigenvalue weighted by atomic mass is 35.5. The fourth-order valence-corrected chi connectivity index (χ4v) is 2.55. The topological polar surface area (TPSA) is 64.6 Å². The average molecular weight is 298 g/mol. The number of nitrogens with one attached hydrogen (secondary N) is 1. The van der Waals surface area contributed by atoms with Crippen LogP contribution < -0.4 is 10.1 Å². The summed E-state index contributed by atoms with van der Waals surface area (Å²) in [7, 11) is 1.30. The molecule has 0 spiro atoms. The van der Waals surface area contributed by atoms with E-state index in [0.29, 0.717) is 22.9 Å². The predicted octanol–water partition coefficient (Wildman–Crippen LogP) is 2.80. The van der Waals surface area contributed by atoms with E-state index in [-0.39, 0.29) is 11.5 Å². The van der Waals surface area contributed by atoms with Crippen LogP contribution >= 0.6 is 11.6 Å².